The molecule has 0 bridgehead atoms. The first-order valence-electron chi connectivity index (χ1n) is 23.8. The molecule has 0 spiro atoms. The van der Waals surface area contributed by atoms with Crippen molar-refractivity contribution in [3.8, 4) is 11.5 Å². The monoisotopic (exact) mass is 836 g/mol. The first-order chi connectivity index (χ1) is 29.4. The number of oxime groups is 1. The molecule has 3 N–H and O–H groups in total. The van der Waals surface area contributed by atoms with Crippen molar-refractivity contribution in [2.75, 3.05) is 39.5 Å². The topological polar surface area (TPSA) is 139 Å². The van der Waals surface area contributed by atoms with Crippen LogP contribution in [0.5, 0.6) is 11.5 Å². The Morgan fingerprint density at radius 1 is 0.933 bits per heavy atom. The second-order valence-electron chi connectivity index (χ2n) is 17.5. The fourth-order valence-corrected chi connectivity index (χ4v) is 10.0. The third-order valence-corrected chi connectivity index (χ3v) is 13.0. The Morgan fingerprint density at radius 3 is 2.28 bits per heavy atom. The fraction of sp³-hybridized carbons (Fsp3) is 0.735. The second-order valence-corrected chi connectivity index (χ2v) is 17.5. The molecule has 1 aliphatic heterocycles. The van der Waals surface area contributed by atoms with Gasteiger partial charge in [-0.1, -0.05) is 102 Å². The number of fused-ring (bicyclic) bond motifs is 2. The van der Waals surface area contributed by atoms with E-state index in [0.717, 1.165) is 74.6 Å². The lowest BCUT2D eigenvalue weighted by Crippen LogP contribution is -2.70. The van der Waals surface area contributed by atoms with Crippen LogP contribution < -0.4 is 14.8 Å². The van der Waals surface area contributed by atoms with Crippen molar-refractivity contribution in [2.24, 2.45) is 28.8 Å². The average molecular weight is 836 g/mol. The first kappa shape index (κ1) is 47.6. The molecule has 60 heavy (non-hydrogen) atoms. The van der Waals surface area contributed by atoms with Crippen LogP contribution in [0.2, 0.25) is 0 Å². The van der Waals surface area contributed by atoms with E-state index in [4.69, 9.17) is 24.2 Å². The zero-order valence-corrected chi connectivity index (χ0v) is 37.2. The molecule has 0 radical (unpaired) electrons. The lowest BCUT2D eigenvalue weighted by molar-refractivity contribution is -0.257. The van der Waals surface area contributed by atoms with Crippen molar-refractivity contribution in [3.05, 3.63) is 48.1 Å². The molecule has 1 heterocycles. The van der Waals surface area contributed by atoms with Crippen LogP contribution in [0.25, 0.3) is 0 Å². The van der Waals surface area contributed by atoms with Crippen molar-refractivity contribution in [1.29, 1.82) is 0 Å². The minimum absolute atomic E-state index is 0.00616. The summed E-state index contributed by atoms with van der Waals surface area (Å²) in [6.07, 6.45) is 23.6. The molecule has 5 rings (SSSR count). The summed E-state index contributed by atoms with van der Waals surface area (Å²) < 4.78 is 20.3. The molecule has 2 amide bonds. The maximum absolute atomic E-state index is 14.3. The molecule has 0 unspecified atom stereocenters. The van der Waals surface area contributed by atoms with Crippen LogP contribution in [0.15, 0.2) is 47.7 Å². The molecule has 11 heteroatoms. The summed E-state index contributed by atoms with van der Waals surface area (Å²) in [5.74, 6) is -0.431. The Bertz CT molecular complexity index is 1560. The molecule has 6 atom stereocenters. The Labute approximate surface area is 360 Å². The van der Waals surface area contributed by atoms with E-state index >= 15 is 0 Å². The van der Waals surface area contributed by atoms with E-state index in [1.165, 1.54) is 51.4 Å². The number of aliphatic hydroxyl groups excluding tert-OH is 2. The zero-order valence-electron chi connectivity index (χ0n) is 37.2. The summed E-state index contributed by atoms with van der Waals surface area (Å²) >= 11 is 0. The quantitative estimate of drug-likeness (QED) is 0.0412. The van der Waals surface area contributed by atoms with Crippen molar-refractivity contribution >= 4 is 17.7 Å². The van der Waals surface area contributed by atoms with Gasteiger partial charge in [-0.05, 0) is 93.9 Å². The van der Waals surface area contributed by atoms with Crippen LogP contribution in [-0.4, -0.2) is 84.2 Å². The van der Waals surface area contributed by atoms with Crippen molar-refractivity contribution in [2.45, 2.75) is 167 Å². The molecule has 0 aromatic heterocycles. The van der Waals surface area contributed by atoms with Gasteiger partial charge in [0.2, 0.25) is 11.7 Å². The molecule has 1 aromatic rings. The summed E-state index contributed by atoms with van der Waals surface area (Å²) in [6, 6.07) is 5.15. The molecule has 11 nitrogen and oxygen atoms in total. The molecule has 2 saturated carbocycles. The zero-order chi connectivity index (χ0) is 42.7. The van der Waals surface area contributed by atoms with Gasteiger partial charge in [0.25, 0.3) is 0 Å². The van der Waals surface area contributed by atoms with Crippen molar-refractivity contribution in [1.82, 2.24) is 10.2 Å². The number of unbranched alkanes of at least 4 members (excludes halogenated alkanes) is 11. The molecular formula is C49H77N3O8. The molecule has 0 saturated heterocycles. The number of allylic oxidation sites excluding steroid dienone is 1. The number of hydrogen-bond acceptors (Lipinski definition) is 9. The summed E-state index contributed by atoms with van der Waals surface area (Å²) in [7, 11) is 0. The highest BCUT2D eigenvalue weighted by molar-refractivity contribution is 6.03. The number of carbonyl (C=O) groups is 2. The lowest BCUT2D eigenvalue weighted by Gasteiger charge is -2.60. The predicted molar refractivity (Wildman–Crippen MR) is 237 cm³/mol. The predicted octanol–water partition coefficient (Wildman–Crippen LogP) is 10.00. The van der Waals surface area contributed by atoms with Crippen LogP contribution in [0.4, 0.5) is 4.79 Å². The largest absolute Gasteiger partial charge is 0.459 e. The molecule has 2 fully saturated rings. The number of amides is 2. The molecule has 3 aliphatic carbocycles. The number of ether oxygens (including phenoxy) is 3. The Kier molecular flexibility index (Phi) is 19.8. The van der Waals surface area contributed by atoms with E-state index in [-0.39, 0.29) is 55.3 Å². The SMILES string of the molecule is C=CCO[C@@]12Oc3ccc(OC(=O)NCCCCCCCCCCCC)cc3[C@H]3[C@H](CCCCO)[C@@H](CCCCO)C=C(C(=NOCC)C[C@@H]1N(CCC)C(=O)C1CC1)[C@H]32. The minimum Gasteiger partial charge on any atom is -0.459 e. The van der Waals surface area contributed by atoms with Gasteiger partial charge in [-0.15, -0.1) is 6.58 Å². The Morgan fingerprint density at radius 2 is 1.63 bits per heavy atom. The summed E-state index contributed by atoms with van der Waals surface area (Å²) in [5, 5.41) is 27.5. The van der Waals surface area contributed by atoms with Gasteiger partial charge in [-0.3, -0.25) is 4.79 Å². The van der Waals surface area contributed by atoms with Gasteiger partial charge in [0.1, 0.15) is 24.1 Å². The number of nitrogens with one attached hydrogen (secondary N) is 1. The normalized spacial score (nSPS) is 24.8. The smallest absolute Gasteiger partial charge is 0.412 e. The number of aliphatic hydroxyl groups is 2. The minimum atomic E-state index is -1.28. The molecular weight excluding hydrogens is 759 g/mol. The maximum atomic E-state index is 14.3. The van der Waals surface area contributed by atoms with Gasteiger partial charge >= 0.3 is 6.09 Å². The molecule has 1 aromatic carbocycles. The summed E-state index contributed by atoms with van der Waals surface area (Å²) in [6.45, 7) is 12.3. The molecule has 336 valence electrons. The van der Waals surface area contributed by atoms with E-state index in [1.54, 1.807) is 12.1 Å². The highest BCUT2D eigenvalue weighted by atomic mass is 16.7. The van der Waals surface area contributed by atoms with Crippen LogP contribution in [0.1, 0.15) is 161 Å². The lowest BCUT2D eigenvalue weighted by atomic mass is 9.55. The molecule has 4 aliphatic rings. The van der Waals surface area contributed by atoms with E-state index in [1.807, 2.05) is 24.0 Å². The van der Waals surface area contributed by atoms with Gasteiger partial charge in [0.15, 0.2) is 0 Å². The Hall–Kier alpha value is -3.41. The number of hydrogen-bond donors (Lipinski definition) is 3. The standard InChI is InChI=1S/C49H77N3O8/c1-5-9-10-11-12-13-14-15-16-19-28-50-48(56)59-38-26-27-43-41(34-38)45-39(23-18-21-31-54)37(22-17-20-30-53)33-40-42(51-58-8-4)35-44(49(60-43,46(40)45)57-32-7-3)52(29-6-2)47(55)36-24-25-36/h7,26-27,33-34,36-37,39,44-46,53-54H,3,5-6,8-25,28-32,35H2,1-2,4H3,(H,50,56)/t37-,39+,44-,45+,46+,49+/m0/s1. The van der Waals surface area contributed by atoms with E-state index in [9.17, 15) is 19.8 Å². The Balaban J connectivity index is 1.50. The second kappa shape index (κ2) is 24.9. The van der Waals surface area contributed by atoms with Crippen molar-refractivity contribution in [3.63, 3.8) is 0 Å². The third-order valence-electron chi connectivity index (χ3n) is 13.0. The van der Waals surface area contributed by atoms with E-state index < -0.39 is 17.9 Å². The van der Waals surface area contributed by atoms with Crippen LogP contribution in [0.3, 0.4) is 0 Å². The van der Waals surface area contributed by atoms with Crippen LogP contribution in [-0.2, 0) is 14.4 Å². The van der Waals surface area contributed by atoms with Gasteiger partial charge in [0.05, 0.1) is 18.2 Å². The van der Waals surface area contributed by atoms with Gasteiger partial charge in [0, 0.05) is 50.1 Å². The maximum Gasteiger partial charge on any atom is 0.412 e. The fourth-order valence-electron chi connectivity index (χ4n) is 10.0. The summed E-state index contributed by atoms with van der Waals surface area (Å²) in [5.41, 5.74) is 2.73. The van der Waals surface area contributed by atoms with Gasteiger partial charge in [-0.25, -0.2) is 4.79 Å². The van der Waals surface area contributed by atoms with E-state index in [0.29, 0.717) is 50.5 Å². The number of benzene rings is 1. The number of carbonyl (C=O) groups excluding carboxylic acids is 2. The van der Waals surface area contributed by atoms with Gasteiger partial charge in [-0.2, -0.15) is 0 Å². The van der Waals surface area contributed by atoms with E-state index in [2.05, 4.69) is 31.8 Å². The number of rotatable bonds is 29. The average Bonchev–Trinajstić information content (AvgIpc) is 4.11. The van der Waals surface area contributed by atoms with Crippen LogP contribution in [0, 0.1) is 23.7 Å². The highest BCUT2D eigenvalue weighted by Crippen LogP contribution is 2.62. The highest BCUT2D eigenvalue weighted by Gasteiger charge is 2.65. The summed E-state index contributed by atoms with van der Waals surface area (Å²) in [4.78, 5) is 35.4. The third kappa shape index (κ3) is 12.4. The van der Waals surface area contributed by atoms with Gasteiger partial charge < -0.3 is 39.5 Å². The van der Waals surface area contributed by atoms with Crippen molar-refractivity contribution < 1.29 is 38.9 Å². The van der Waals surface area contributed by atoms with Crippen LogP contribution >= 0.6 is 0 Å². The number of nitrogens with zero attached hydrogens (tertiary/aromatic N) is 2. The first-order valence-corrected chi connectivity index (χ1v) is 23.8.